The van der Waals surface area contributed by atoms with Gasteiger partial charge in [0.1, 0.15) is 4.90 Å². The molecular formula is C8H14BrN3O2S. The molecule has 1 rings (SSSR count). The maximum absolute atomic E-state index is 12.0. The first-order chi connectivity index (χ1) is 6.82. The normalized spacial score (nSPS) is 13.4. The first-order valence-electron chi connectivity index (χ1n) is 4.36. The van der Waals surface area contributed by atoms with Gasteiger partial charge in [-0.25, -0.2) is 8.42 Å². The Hall–Kier alpha value is -0.400. The van der Waals surface area contributed by atoms with E-state index >= 15 is 0 Å². The van der Waals surface area contributed by atoms with E-state index in [0.717, 1.165) is 0 Å². The maximum atomic E-state index is 12.0. The van der Waals surface area contributed by atoms with Crippen LogP contribution in [0.2, 0.25) is 0 Å². The topological polar surface area (TPSA) is 66.1 Å². The third kappa shape index (κ3) is 2.40. The molecule has 0 fully saturated rings. The van der Waals surface area contributed by atoms with Gasteiger partial charge in [0.15, 0.2) is 0 Å². The molecule has 0 bridgehead atoms. The van der Waals surface area contributed by atoms with E-state index < -0.39 is 15.6 Å². The minimum atomic E-state index is -3.46. The van der Waals surface area contributed by atoms with Crippen molar-refractivity contribution in [2.45, 2.75) is 24.3 Å². The highest BCUT2D eigenvalue weighted by molar-refractivity contribution is 9.09. The molecule has 0 aliphatic rings. The summed E-state index contributed by atoms with van der Waals surface area (Å²) in [6.07, 6.45) is 2.67. The van der Waals surface area contributed by atoms with E-state index in [1.807, 2.05) is 13.8 Å². The second kappa shape index (κ2) is 4.23. The number of H-pyrrole nitrogens is 1. The summed E-state index contributed by atoms with van der Waals surface area (Å²) >= 11 is 3.30. The van der Waals surface area contributed by atoms with E-state index in [-0.39, 0.29) is 4.90 Å². The zero-order valence-electron chi connectivity index (χ0n) is 8.86. The number of rotatable bonds is 4. The van der Waals surface area contributed by atoms with Crippen molar-refractivity contribution in [1.82, 2.24) is 14.5 Å². The molecule has 5 nitrogen and oxygen atoms in total. The molecule has 7 heteroatoms. The molecule has 1 N–H and O–H groups in total. The maximum Gasteiger partial charge on any atom is 0.246 e. The molecule has 0 amide bonds. The largest absolute Gasteiger partial charge is 0.284 e. The van der Waals surface area contributed by atoms with Gasteiger partial charge in [-0.15, -0.1) is 0 Å². The lowest BCUT2D eigenvalue weighted by atomic mass is 10.1. The van der Waals surface area contributed by atoms with E-state index in [0.29, 0.717) is 5.33 Å². The summed E-state index contributed by atoms with van der Waals surface area (Å²) in [6, 6.07) is 0. The molecule has 0 saturated carbocycles. The summed E-state index contributed by atoms with van der Waals surface area (Å²) in [7, 11) is -1.90. The van der Waals surface area contributed by atoms with Crippen molar-refractivity contribution < 1.29 is 8.42 Å². The van der Waals surface area contributed by atoms with Crippen LogP contribution in [-0.4, -0.2) is 40.8 Å². The molecule has 0 spiro atoms. The van der Waals surface area contributed by atoms with Gasteiger partial charge in [-0.3, -0.25) is 5.10 Å². The lowest BCUT2D eigenvalue weighted by Gasteiger charge is -2.32. The molecule has 15 heavy (non-hydrogen) atoms. The highest BCUT2D eigenvalue weighted by Crippen LogP contribution is 2.23. The molecule has 0 aliphatic carbocycles. The second-order valence-electron chi connectivity index (χ2n) is 3.85. The number of nitrogens with one attached hydrogen (secondary N) is 1. The minimum absolute atomic E-state index is 0.180. The number of aromatic amines is 1. The van der Waals surface area contributed by atoms with Crippen LogP contribution in [0.1, 0.15) is 13.8 Å². The number of hydrogen-bond donors (Lipinski definition) is 1. The van der Waals surface area contributed by atoms with Crippen molar-refractivity contribution in [3.05, 3.63) is 12.4 Å². The molecule has 1 aromatic rings. The predicted molar refractivity (Wildman–Crippen MR) is 61.4 cm³/mol. The zero-order chi connectivity index (χ0) is 11.7. The van der Waals surface area contributed by atoms with Gasteiger partial charge in [0, 0.05) is 24.1 Å². The summed E-state index contributed by atoms with van der Waals surface area (Å²) in [6.45, 7) is 3.69. The third-order valence-electron chi connectivity index (χ3n) is 2.31. The van der Waals surface area contributed by atoms with Gasteiger partial charge in [-0.1, -0.05) is 15.9 Å². The highest BCUT2D eigenvalue weighted by Gasteiger charge is 2.33. The van der Waals surface area contributed by atoms with Crippen molar-refractivity contribution in [3.8, 4) is 0 Å². The van der Waals surface area contributed by atoms with Gasteiger partial charge in [0.25, 0.3) is 0 Å². The van der Waals surface area contributed by atoms with Gasteiger partial charge in [0.2, 0.25) is 10.0 Å². The molecule has 0 radical (unpaired) electrons. The number of hydrogen-bond acceptors (Lipinski definition) is 3. The Labute approximate surface area is 98.0 Å². The van der Waals surface area contributed by atoms with Crippen molar-refractivity contribution in [2.24, 2.45) is 0 Å². The molecule has 1 aromatic heterocycles. The van der Waals surface area contributed by atoms with Crippen LogP contribution in [0.3, 0.4) is 0 Å². The fourth-order valence-corrected chi connectivity index (χ4v) is 2.91. The lowest BCUT2D eigenvalue weighted by Crippen LogP contribution is -2.46. The molecule has 0 aromatic carbocycles. The lowest BCUT2D eigenvalue weighted by molar-refractivity contribution is 0.299. The number of halogens is 1. The molecule has 0 saturated heterocycles. The average molecular weight is 296 g/mol. The number of aromatic nitrogens is 2. The summed E-state index contributed by atoms with van der Waals surface area (Å²) < 4.78 is 25.4. The highest BCUT2D eigenvalue weighted by atomic mass is 79.9. The summed E-state index contributed by atoms with van der Waals surface area (Å²) in [5.74, 6) is 0. The van der Waals surface area contributed by atoms with E-state index in [9.17, 15) is 8.42 Å². The van der Waals surface area contributed by atoms with Crippen molar-refractivity contribution in [2.75, 3.05) is 12.4 Å². The van der Waals surface area contributed by atoms with Gasteiger partial charge in [0.05, 0.1) is 6.20 Å². The summed E-state index contributed by atoms with van der Waals surface area (Å²) in [5, 5.41) is 6.69. The van der Waals surface area contributed by atoms with Crippen molar-refractivity contribution in [3.63, 3.8) is 0 Å². The molecule has 0 unspecified atom stereocenters. The van der Waals surface area contributed by atoms with Crippen LogP contribution in [0.15, 0.2) is 17.3 Å². The van der Waals surface area contributed by atoms with E-state index in [2.05, 4.69) is 26.1 Å². The van der Waals surface area contributed by atoms with E-state index in [1.54, 1.807) is 7.05 Å². The van der Waals surface area contributed by atoms with Gasteiger partial charge in [-0.05, 0) is 13.8 Å². The Morgan fingerprint density at radius 1 is 1.60 bits per heavy atom. The van der Waals surface area contributed by atoms with Crippen molar-refractivity contribution in [1.29, 1.82) is 0 Å². The smallest absolute Gasteiger partial charge is 0.246 e. The molecular weight excluding hydrogens is 282 g/mol. The summed E-state index contributed by atoms with van der Waals surface area (Å²) in [4.78, 5) is 0.180. The number of sulfonamides is 1. The Morgan fingerprint density at radius 2 is 2.20 bits per heavy atom. The number of alkyl halides is 1. The molecule has 1 heterocycles. The molecule has 86 valence electrons. The fourth-order valence-electron chi connectivity index (χ4n) is 0.948. The van der Waals surface area contributed by atoms with Crippen LogP contribution < -0.4 is 0 Å². The van der Waals surface area contributed by atoms with E-state index in [4.69, 9.17) is 0 Å². The van der Waals surface area contributed by atoms with Crippen LogP contribution >= 0.6 is 15.9 Å². The Balaban J connectivity index is 3.09. The monoisotopic (exact) mass is 295 g/mol. The van der Waals surface area contributed by atoms with Crippen LogP contribution in [0.4, 0.5) is 0 Å². The van der Waals surface area contributed by atoms with Crippen LogP contribution in [0, 0.1) is 0 Å². The third-order valence-corrected chi connectivity index (χ3v) is 5.72. The SMILES string of the molecule is CN(C(C)(C)CBr)S(=O)(=O)c1cn[nH]c1. The second-order valence-corrected chi connectivity index (χ2v) is 6.38. The molecule has 0 atom stereocenters. The van der Waals surface area contributed by atoms with E-state index in [1.165, 1.54) is 16.7 Å². The molecule has 0 aliphatic heterocycles. The van der Waals surface area contributed by atoms with Gasteiger partial charge >= 0.3 is 0 Å². The minimum Gasteiger partial charge on any atom is -0.284 e. The van der Waals surface area contributed by atoms with Gasteiger partial charge < -0.3 is 0 Å². The summed E-state index contributed by atoms with van der Waals surface area (Å²) in [5.41, 5.74) is -0.476. The predicted octanol–water partition coefficient (Wildman–Crippen LogP) is 1.20. The standard InChI is InChI=1S/C8H14BrN3O2S/c1-8(2,6-9)12(3)15(13,14)7-4-10-11-5-7/h4-5H,6H2,1-3H3,(H,10,11). The Kier molecular flexibility index (Phi) is 3.57. The van der Waals surface area contributed by atoms with Crippen molar-refractivity contribution >= 4 is 26.0 Å². The first-order valence-corrected chi connectivity index (χ1v) is 6.92. The Bertz CT molecular complexity index is 413. The Morgan fingerprint density at radius 3 is 2.60 bits per heavy atom. The van der Waals surface area contributed by atoms with Crippen LogP contribution in [-0.2, 0) is 10.0 Å². The average Bonchev–Trinajstić information content (AvgIpc) is 2.69. The van der Waals surface area contributed by atoms with Gasteiger partial charge in [-0.2, -0.15) is 9.40 Å². The quantitative estimate of drug-likeness (QED) is 0.849. The van der Waals surface area contributed by atoms with Crippen LogP contribution in [0.5, 0.6) is 0 Å². The van der Waals surface area contributed by atoms with Crippen LogP contribution in [0.25, 0.3) is 0 Å². The first kappa shape index (κ1) is 12.7. The zero-order valence-corrected chi connectivity index (χ0v) is 11.3. The fraction of sp³-hybridized carbons (Fsp3) is 0.625. The number of nitrogens with zero attached hydrogens (tertiary/aromatic N) is 2.